The fraction of sp³-hybridized carbons (Fsp3) is 0.467. The molecule has 136 valence electrons. The number of aryl methyl sites for hydroxylation is 2. The second kappa shape index (κ2) is 8.01. The Bertz CT molecular complexity index is 800. The summed E-state index contributed by atoms with van der Waals surface area (Å²) < 4.78 is 4.22. The summed E-state index contributed by atoms with van der Waals surface area (Å²) in [7, 11) is 0. The Morgan fingerprint density at radius 3 is 2.52 bits per heavy atom. The van der Waals surface area contributed by atoms with E-state index in [1.807, 2.05) is 20.8 Å². The molecule has 2 heterocycles. The molecule has 2 amide bonds. The summed E-state index contributed by atoms with van der Waals surface area (Å²) in [5, 5.41) is 8.65. The average Bonchev–Trinajstić information content (AvgIpc) is 3.07. The highest BCUT2D eigenvalue weighted by Crippen LogP contribution is 2.20. The first-order valence-corrected chi connectivity index (χ1v) is 8.94. The normalized spacial score (nSPS) is 12.1. The lowest BCUT2D eigenvalue weighted by atomic mass is 10.1. The van der Waals surface area contributed by atoms with Gasteiger partial charge in [0.15, 0.2) is 5.69 Å². The van der Waals surface area contributed by atoms with Gasteiger partial charge in [0.05, 0.1) is 27.7 Å². The molecule has 25 heavy (non-hydrogen) atoms. The van der Waals surface area contributed by atoms with Crippen molar-refractivity contribution in [3.05, 3.63) is 32.8 Å². The van der Waals surface area contributed by atoms with Crippen LogP contribution in [0.3, 0.4) is 0 Å². The third kappa shape index (κ3) is 4.40. The number of nitrogens with zero attached hydrogens (tertiary/aromatic N) is 4. The third-order valence-electron chi connectivity index (χ3n) is 3.74. The molecule has 0 bridgehead atoms. The van der Waals surface area contributed by atoms with E-state index < -0.39 is 11.8 Å². The Morgan fingerprint density at radius 2 is 2.00 bits per heavy atom. The van der Waals surface area contributed by atoms with Crippen molar-refractivity contribution in [2.45, 2.75) is 40.8 Å². The summed E-state index contributed by atoms with van der Waals surface area (Å²) in [6, 6.07) is 0. The standard InChI is InChI=1S/C15H20BrClN6O2/c1-5-22-7-11(17)13(21-22)15(25)19-18-14(24)8(2)6-23-10(4)12(16)9(3)20-23/h7-8H,5-6H2,1-4H3,(H,18,24)(H,19,25)/t8-/m1/s1. The Kier molecular flexibility index (Phi) is 6.23. The van der Waals surface area contributed by atoms with E-state index in [9.17, 15) is 9.59 Å². The van der Waals surface area contributed by atoms with Crippen LogP contribution in [0.2, 0.25) is 5.02 Å². The first kappa shape index (κ1) is 19.5. The molecule has 2 aromatic heterocycles. The monoisotopic (exact) mass is 430 g/mol. The number of carbonyl (C=O) groups excluding carboxylic acids is 2. The van der Waals surface area contributed by atoms with Crippen LogP contribution in [-0.4, -0.2) is 31.4 Å². The number of hydrogen-bond acceptors (Lipinski definition) is 4. The molecule has 0 saturated carbocycles. The zero-order chi connectivity index (χ0) is 18.7. The fourth-order valence-corrected chi connectivity index (χ4v) is 2.73. The molecule has 0 spiro atoms. The van der Waals surface area contributed by atoms with Crippen molar-refractivity contribution in [2.24, 2.45) is 5.92 Å². The smallest absolute Gasteiger partial charge is 0.273 e. The first-order valence-electron chi connectivity index (χ1n) is 7.77. The molecular weight excluding hydrogens is 412 g/mol. The number of aromatic nitrogens is 4. The lowest BCUT2D eigenvalue weighted by Gasteiger charge is -2.13. The topological polar surface area (TPSA) is 93.8 Å². The fourth-order valence-electron chi connectivity index (χ4n) is 2.21. The van der Waals surface area contributed by atoms with Crippen molar-refractivity contribution in [3.63, 3.8) is 0 Å². The van der Waals surface area contributed by atoms with E-state index in [1.165, 1.54) is 0 Å². The predicted octanol–water partition coefficient (Wildman–Crippen LogP) is 2.23. The van der Waals surface area contributed by atoms with Gasteiger partial charge in [-0.25, -0.2) is 0 Å². The van der Waals surface area contributed by atoms with Gasteiger partial charge in [0.2, 0.25) is 5.91 Å². The van der Waals surface area contributed by atoms with Crippen molar-refractivity contribution < 1.29 is 9.59 Å². The maximum atomic E-state index is 12.2. The van der Waals surface area contributed by atoms with E-state index in [1.54, 1.807) is 22.5 Å². The molecule has 10 heteroatoms. The largest absolute Gasteiger partial charge is 0.291 e. The maximum absolute atomic E-state index is 12.2. The van der Waals surface area contributed by atoms with Gasteiger partial charge in [-0.1, -0.05) is 18.5 Å². The quantitative estimate of drug-likeness (QED) is 0.710. The molecule has 2 rings (SSSR count). The first-order chi connectivity index (χ1) is 11.7. The van der Waals surface area contributed by atoms with Crippen molar-refractivity contribution in [1.82, 2.24) is 30.4 Å². The molecule has 0 unspecified atom stereocenters. The van der Waals surface area contributed by atoms with Gasteiger partial charge in [-0.3, -0.25) is 29.8 Å². The number of halogens is 2. The number of carbonyl (C=O) groups is 2. The van der Waals surface area contributed by atoms with E-state index in [0.717, 1.165) is 15.9 Å². The minimum absolute atomic E-state index is 0.0685. The van der Waals surface area contributed by atoms with E-state index in [4.69, 9.17) is 11.6 Å². The van der Waals surface area contributed by atoms with Crippen LogP contribution in [-0.2, 0) is 17.9 Å². The zero-order valence-corrected chi connectivity index (χ0v) is 16.8. The van der Waals surface area contributed by atoms with Crippen LogP contribution < -0.4 is 10.9 Å². The van der Waals surface area contributed by atoms with Crippen molar-refractivity contribution >= 4 is 39.3 Å². The van der Waals surface area contributed by atoms with Crippen molar-refractivity contribution in [1.29, 1.82) is 0 Å². The van der Waals surface area contributed by atoms with Gasteiger partial charge in [-0.15, -0.1) is 0 Å². The lowest BCUT2D eigenvalue weighted by molar-refractivity contribution is -0.125. The van der Waals surface area contributed by atoms with Crippen LogP contribution in [0, 0.1) is 19.8 Å². The van der Waals surface area contributed by atoms with Crippen LogP contribution >= 0.6 is 27.5 Å². The SMILES string of the molecule is CCn1cc(Cl)c(C(=O)NNC(=O)[C@H](C)Cn2nc(C)c(Br)c2C)n1. The number of hydrazine groups is 1. The van der Waals surface area contributed by atoms with Crippen LogP contribution in [0.5, 0.6) is 0 Å². The summed E-state index contributed by atoms with van der Waals surface area (Å²) in [5.41, 5.74) is 6.61. The molecule has 0 fully saturated rings. The molecule has 0 saturated heterocycles. The molecule has 2 aromatic rings. The molecule has 2 N–H and O–H groups in total. The van der Waals surface area contributed by atoms with Crippen LogP contribution in [0.25, 0.3) is 0 Å². The minimum Gasteiger partial charge on any atom is -0.273 e. The van der Waals surface area contributed by atoms with Gasteiger partial charge in [-0.2, -0.15) is 10.2 Å². The van der Waals surface area contributed by atoms with Gasteiger partial charge >= 0.3 is 0 Å². The van der Waals surface area contributed by atoms with Crippen molar-refractivity contribution in [2.75, 3.05) is 0 Å². The van der Waals surface area contributed by atoms with Gasteiger partial charge in [0.1, 0.15) is 0 Å². The molecule has 1 atom stereocenters. The second-order valence-electron chi connectivity index (χ2n) is 5.69. The summed E-state index contributed by atoms with van der Waals surface area (Å²) >= 11 is 9.42. The molecular formula is C15H20BrClN6O2. The molecule has 0 aliphatic carbocycles. The van der Waals surface area contributed by atoms with Crippen LogP contribution in [0.1, 0.15) is 35.7 Å². The number of amides is 2. The summed E-state index contributed by atoms with van der Waals surface area (Å²) in [6.45, 7) is 8.43. The van der Waals surface area contributed by atoms with E-state index in [-0.39, 0.29) is 16.6 Å². The van der Waals surface area contributed by atoms with Gasteiger partial charge in [0, 0.05) is 18.4 Å². The zero-order valence-electron chi connectivity index (χ0n) is 14.4. The highest BCUT2D eigenvalue weighted by Gasteiger charge is 2.20. The predicted molar refractivity (Wildman–Crippen MR) is 97.1 cm³/mol. The van der Waals surface area contributed by atoms with E-state index in [0.29, 0.717) is 13.1 Å². The average molecular weight is 432 g/mol. The van der Waals surface area contributed by atoms with Crippen LogP contribution in [0.4, 0.5) is 0 Å². The third-order valence-corrected chi connectivity index (χ3v) is 5.17. The van der Waals surface area contributed by atoms with Crippen LogP contribution in [0.15, 0.2) is 10.7 Å². The van der Waals surface area contributed by atoms with Crippen molar-refractivity contribution in [3.8, 4) is 0 Å². The highest BCUT2D eigenvalue weighted by molar-refractivity contribution is 9.10. The van der Waals surface area contributed by atoms with Gasteiger partial charge in [0.25, 0.3) is 5.91 Å². The number of hydrogen-bond donors (Lipinski definition) is 2. The van der Waals surface area contributed by atoms with E-state index in [2.05, 4.69) is 37.0 Å². The Balaban J connectivity index is 1.93. The molecule has 8 nitrogen and oxygen atoms in total. The molecule has 0 aliphatic heterocycles. The molecule has 0 aromatic carbocycles. The Morgan fingerprint density at radius 1 is 1.32 bits per heavy atom. The maximum Gasteiger partial charge on any atom is 0.291 e. The van der Waals surface area contributed by atoms with Gasteiger partial charge < -0.3 is 0 Å². The van der Waals surface area contributed by atoms with Gasteiger partial charge in [-0.05, 0) is 36.7 Å². The minimum atomic E-state index is -0.563. The van der Waals surface area contributed by atoms with E-state index >= 15 is 0 Å². The summed E-state index contributed by atoms with van der Waals surface area (Å²) in [6.07, 6.45) is 1.56. The number of rotatable bonds is 5. The molecule has 0 aliphatic rings. The Hall–Kier alpha value is -1.87. The summed E-state index contributed by atoms with van der Waals surface area (Å²) in [5.74, 6) is -1.29. The number of nitrogens with one attached hydrogen (secondary N) is 2. The summed E-state index contributed by atoms with van der Waals surface area (Å²) in [4.78, 5) is 24.3. The lowest BCUT2D eigenvalue weighted by Crippen LogP contribution is -2.45. The molecule has 0 radical (unpaired) electrons. The second-order valence-corrected chi connectivity index (χ2v) is 6.89. The Labute approximate surface area is 159 Å². The highest BCUT2D eigenvalue weighted by atomic mass is 79.9.